The lowest BCUT2D eigenvalue weighted by atomic mass is 9.94. The average Bonchev–Trinajstić information content (AvgIpc) is 2.90. The molecule has 10 nitrogen and oxygen atoms in total. The zero-order valence-electron chi connectivity index (χ0n) is 24.1. The van der Waals surface area contributed by atoms with Crippen molar-refractivity contribution in [3.63, 3.8) is 0 Å². The molecule has 0 bridgehead atoms. The van der Waals surface area contributed by atoms with E-state index in [0.29, 0.717) is 43.5 Å². The van der Waals surface area contributed by atoms with Gasteiger partial charge in [0.15, 0.2) is 0 Å². The van der Waals surface area contributed by atoms with E-state index in [9.17, 15) is 14.4 Å². The monoisotopic (exact) mass is 544 g/mol. The minimum absolute atomic E-state index is 0.0760. The molecule has 1 aliphatic heterocycles. The minimum Gasteiger partial charge on any atom is -0.494 e. The second-order valence-electron chi connectivity index (χ2n) is 11.4. The van der Waals surface area contributed by atoms with Crippen LogP contribution in [0, 0.1) is 5.41 Å². The predicted molar refractivity (Wildman–Crippen MR) is 149 cm³/mol. The average molecular weight is 545 g/mol. The Morgan fingerprint density at radius 1 is 1.13 bits per heavy atom. The SMILES string of the molecule is CCOC(=O)CN1Cc2cc(OCCCC(=O)N(C)C3CCCCC3)ccc2N=C1NC(=O)OCC(C)(C)C. The van der Waals surface area contributed by atoms with E-state index >= 15 is 0 Å². The highest BCUT2D eigenvalue weighted by Crippen LogP contribution is 2.30. The predicted octanol–water partition coefficient (Wildman–Crippen LogP) is 4.78. The fraction of sp³-hybridized carbons (Fsp3) is 0.655. The van der Waals surface area contributed by atoms with Crippen LogP contribution in [0.3, 0.4) is 0 Å². The third-order valence-corrected chi connectivity index (χ3v) is 6.73. The lowest BCUT2D eigenvalue weighted by Crippen LogP contribution is -2.47. The minimum atomic E-state index is -0.635. The van der Waals surface area contributed by atoms with E-state index in [4.69, 9.17) is 14.2 Å². The van der Waals surface area contributed by atoms with Gasteiger partial charge in [-0.2, -0.15) is 0 Å². The van der Waals surface area contributed by atoms with Crippen molar-refractivity contribution in [2.45, 2.75) is 85.2 Å². The number of esters is 1. The molecular weight excluding hydrogens is 500 g/mol. The molecule has 1 fully saturated rings. The van der Waals surface area contributed by atoms with Gasteiger partial charge >= 0.3 is 12.1 Å². The molecule has 0 radical (unpaired) electrons. The summed E-state index contributed by atoms with van der Waals surface area (Å²) in [5, 5.41) is 2.67. The molecule has 0 aromatic heterocycles. The summed E-state index contributed by atoms with van der Waals surface area (Å²) in [6.07, 6.45) is 6.30. The van der Waals surface area contributed by atoms with Crippen molar-refractivity contribution in [1.82, 2.24) is 15.1 Å². The highest BCUT2D eigenvalue weighted by Gasteiger charge is 2.26. The maximum Gasteiger partial charge on any atom is 0.413 e. The summed E-state index contributed by atoms with van der Waals surface area (Å²) in [6, 6.07) is 5.87. The van der Waals surface area contributed by atoms with E-state index in [2.05, 4.69) is 10.3 Å². The van der Waals surface area contributed by atoms with Crippen LogP contribution in [-0.4, -0.2) is 73.2 Å². The van der Waals surface area contributed by atoms with Crippen LogP contribution in [0.5, 0.6) is 5.75 Å². The Morgan fingerprint density at radius 2 is 1.87 bits per heavy atom. The van der Waals surface area contributed by atoms with Gasteiger partial charge in [0.05, 0.1) is 25.5 Å². The standard InChI is InChI=1S/C29H44N4O6/c1-6-37-26(35)19-33-18-21-17-23(38-16-10-13-25(34)32(5)22-11-8-7-9-12-22)14-15-24(21)30-27(33)31-28(36)39-20-29(2,3)4/h14-15,17,22H,6-13,16,18-20H2,1-5H3,(H,30,31,36). The summed E-state index contributed by atoms with van der Waals surface area (Å²) in [6.45, 7) is 8.82. The lowest BCUT2D eigenvalue weighted by Gasteiger charge is -2.31. The third-order valence-electron chi connectivity index (χ3n) is 6.73. The van der Waals surface area contributed by atoms with Crippen LogP contribution < -0.4 is 10.1 Å². The highest BCUT2D eigenvalue weighted by atomic mass is 16.6. The number of aliphatic imine (C=N–C) groups is 1. The van der Waals surface area contributed by atoms with E-state index < -0.39 is 12.1 Å². The molecule has 0 atom stereocenters. The van der Waals surface area contributed by atoms with Crippen molar-refractivity contribution in [2.24, 2.45) is 10.4 Å². The van der Waals surface area contributed by atoms with Crippen molar-refractivity contribution in [1.29, 1.82) is 0 Å². The van der Waals surface area contributed by atoms with Crippen molar-refractivity contribution in [2.75, 3.05) is 33.4 Å². The summed E-state index contributed by atoms with van der Waals surface area (Å²) < 4.78 is 16.4. The first-order chi connectivity index (χ1) is 18.6. The largest absolute Gasteiger partial charge is 0.494 e. The van der Waals surface area contributed by atoms with Gasteiger partial charge in [-0.15, -0.1) is 0 Å². The van der Waals surface area contributed by atoms with Gasteiger partial charge in [0.25, 0.3) is 0 Å². The quantitative estimate of drug-likeness (QED) is 0.334. The number of carbonyl (C=O) groups is 3. The van der Waals surface area contributed by atoms with Gasteiger partial charge in [-0.1, -0.05) is 40.0 Å². The molecule has 1 saturated carbocycles. The number of hydrogen-bond acceptors (Lipinski definition) is 8. The first-order valence-electron chi connectivity index (χ1n) is 14.0. The fourth-order valence-corrected chi connectivity index (χ4v) is 4.62. The molecule has 0 unspecified atom stereocenters. The summed E-state index contributed by atoms with van der Waals surface area (Å²) in [4.78, 5) is 45.4. The Labute approximate surface area is 232 Å². The Balaban J connectivity index is 1.59. The molecule has 2 aliphatic rings. The maximum absolute atomic E-state index is 12.6. The number of alkyl carbamates (subject to hydrolysis) is 1. The van der Waals surface area contributed by atoms with E-state index in [1.165, 1.54) is 19.3 Å². The number of nitrogens with one attached hydrogen (secondary N) is 1. The summed E-state index contributed by atoms with van der Waals surface area (Å²) in [5.74, 6) is 0.632. The molecule has 1 aromatic rings. The van der Waals surface area contributed by atoms with Crippen molar-refractivity contribution in [3.8, 4) is 5.75 Å². The zero-order valence-corrected chi connectivity index (χ0v) is 24.1. The van der Waals surface area contributed by atoms with Crippen LogP contribution in [0.25, 0.3) is 0 Å². The van der Waals surface area contributed by atoms with Crippen LogP contribution in [-0.2, 0) is 25.6 Å². The van der Waals surface area contributed by atoms with Crippen molar-refractivity contribution in [3.05, 3.63) is 23.8 Å². The molecule has 0 saturated heterocycles. The number of nitrogens with zero attached hydrogens (tertiary/aromatic N) is 3. The number of benzene rings is 1. The molecule has 1 heterocycles. The van der Waals surface area contributed by atoms with Gasteiger partial charge in [-0.05, 0) is 49.8 Å². The van der Waals surface area contributed by atoms with Gasteiger partial charge in [-0.3, -0.25) is 14.9 Å². The lowest BCUT2D eigenvalue weighted by molar-refractivity contribution is -0.143. The second-order valence-corrected chi connectivity index (χ2v) is 11.4. The van der Waals surface area contributed by atoms with Crippen LogP contribution in [0.1, 0.15) is 78.2 Å². The Kier molecular flexibility index (Phi) is 11.0. The first kappa shape index (κ1) is 30.2. The van der Waals surface area contributed by atoms with Crippen molar-refractivity contribution < 1.29 is 28.6 Å². The van der Waals surface area contributed by atoms with Gasteiger partial charge in [0, 0.05) is 31.6 Å². The van der Waals surface area contributed by atoms with E-state index in [1.807, 2.05) is 50.9 Å². The number of carbonyl (C=O) groups excluding carboxylic acids is 3. The molecule has 3 rings (SSSR count). The van der Waals surface area contributed by atoms with Crippen LogP contribution in [0.2, 0.25) is 0 Å². The number of hydrogen-bond donors (Lipinski definition) is 1. The molecule has 0 spiro atoms. The first-order valence-corrected chi connectivity index (χ1v) is 14.0. The Bertz CT molecular complexity index is 1030. The molecule has 216 valence electrons. The number of rotatable bonds is 10. The van der Waals surface area contributed by atoms with Gasteiger partial charge < -0.3 is 24.0 Å². The molecule has 39 heavy (non-hydrogen) atoms. The molecule has 2 amide bonds. The number of ether oxygens (including phenoxy) is 3. The van der Waals surface area contributed by atoms with E-state index in [0.717, 1.165) is 18.4 Å². The molecule has 1 aromatic carbocycles. The van der Waals surface area contributed by atoms with Crippen LogP contribution in [0.15, 0.2) is 23.2 Å². The summed E-state index contributed by atoms with van der Waals surface area (Å²) in [7, 11) is 1.92. The number of fused-ring (bicyclic) bond motifs is 1. The summed E-state index contributed by atoms with van der Waals surface area (Å²) in [5.41, 5.74) is 1.33. The Morgan fingerprint density at radius 3 is 2.56 bits per heavy atom. The Hall–Kier alpha value is -3.30. The van der Waals surface area contributed by atoms with E-state index in [-0.39, 0.29) is 37.0 Å². The normalized spacial score (nSPS) is 15.6. The van der Waals surface area contributed by atoms with Gasteiger partial charge in [0.2, 0.25) is 11.9 Å². The van der Waals surface area contributed by atoms with Crippen LogP contribution >= 0.6 is 0 Å². The molecule has 1 aliphatic carbocycles. The third kappa shape index (κ3) is 9.75. The number of amides is 2. The second kappa shape index (κ2) is 14.2. The van der Waals surface area contributed by atoms with Gasteiger partial charge in [-0.25, -0.2) is 9.79 Å². The fourth-order valence-electron chi connectivity index (χ4n) is 4.62. The van der Waals surface area contributed by atoms with Gasteiger partial charge in [0.1, 0.15) is 12.3 Å². The summed E-state index contributed by atoms with van der Waals surface area (Å²) >= 11 is 0. The highest BCUT2D eigenvalue weighted by molar-refractivity contribution is 5.97. The number of guanidine groups is 1. The molecular formula is C29H44N4O6. The maximum atomic E-state index is 12.6. The van der Waals surface area contributed by atoms with Crippen molar-refractivity contribution >= 4 is 29.6 Å². The molecule has 1 N–H and O–H groups in total. The zero-order chi connectivity index (χ0) is 28.4. The molecule has 10 heteroatoms. The smallest absolute Gasteiger partial charge is 0.413 e. The topological polar surface area (TPSA) is 110 Å². The van der Waals surface area contributed by atoms with E-state index in [1.54, 1.807) is 11.8 Å². The van der Waals surface area contributed by atoms with Crippen LogP contribution in [0.4, 0.5) is 10.5 Å².